The Morgan fingerprint density at radius 2 is 2.05 bits per heavy atom. The highest BCUT2D eigenvalue weighted by Crippen LogP contribution is 2.14. The summed E-state index contributed by atoms with van der Waals surface area (Å²) in [5.41, 5.74) is 3.47. The van der Waals surface area contributed by atoms with Crippen molar-refractivity contribution in [3.8, 4) is 0 Å². The Balaban J connectivity index is 2.54. The number of hydrogen-bond donors (Lipinski definition) is 0. The second kappa shape index (κ2) is 7.44. The smallest absolute Gasteiger partial charge is 0.0653 e. The molecule has 1 rings (SSSR count). The SMILES string of the molecule is C=Cc1ncc(CN(C)CC(C)CC(C)C)cc1C. The first-order valence-electron chi connectivity index (χ1n) is 7.18. The average Bonchev–Trinajstić information content (AvgIpc) is 2.27. The highest BCUT2D eigenvalue weighted by atomic mass is 15.1. The van der Waals surface area contributed by atoms with Crippen LogP contribution in [0.1, 0.15) is 44.0 Å². The van der Waals surface area contributed by atoms with Gasteiger partial charge in [0.25, 0.3) is 0 Å². The Kier molecular flexibility index (Phi) is 6.23. The summed E-state index contributed by atoms with van der Waals surface area (Å²) in [7, 11) is 2.19. The van der Waals surface area contributed by atoms with Gasteiger partial charge >= 0.3 is 0 Å². The second-order valence-electron chi connectivity index (χ2n) is 6.18. The summed E-state index contributed by atoms with van der Waals surface area (Å²) in [5.74, 6) is 1.52. The maximum absolute atomic E-state index is 4.43. The third-order valence-electron chi connectivity index (χ3n) is 3.32. The minimum absolute atomic E-state index is 0.742. The molecule has 1 unspecified atom stereocenters. The molecule has 0 N–H and O–H groups in total. The number of hydrogen-bond acceptors (Lipinski definition) is 2. The molecule has 1 heterocycles. The summed E-state index contributed by atoms with van der Waals surface area (Å²) in [6, 6.07) is 2.22. The van der Waals surface area contributed by atoms with Gasteiger partial charge < -0.3 is 4.90 Å². The fourth-order valence-electron chi connectivity index (χ4n) is 2.73. The molecule has 0 bridgehead atoms. The van der Waals surface area contributed by atoms with Crippen molar-refractivity contribution in [2.24, 2.45) is 11.8 Å². The van der Waals surface area contributed by atoms with Crippen LogP contribution in [-0.2, 0) is 6.54 Å². The van der Waals surface area contributed by atoms with Gasteiger partial charge in [0.05, 0.1) is 5.69 Å². The van der Waals surface area contributed by atoms with E-state index < -0.39 is 0 Å². The van der Waals surface area contributed by atoms with Crippen molar-refractivity contribution in [3.63, 3.8) is 0 Å². The minimum Gasteiger partial charge on any atom is -0.302 e. The van der Waals surface area contributed by atoms with Gasteiger partial charge in [-0.05, 0) is 49.4 Å². The van der Waals surface area contributed by atoms with E-state index in [0.717, 1.165) is 30.6 Å². The van der Waals surface area contributed by atoms with Crippen LogP contribution in [0.15, 0.2) is 18.8 Å². The van der Waals surface area contributed by atoms with Crippen LogP contribution in [0.5, 0.6) is 0 Å². The first kappa shape index (κ1) is 15.9. The fourth-order valence-corrected chi connectivity index (χ4v) is 2.73. The fraction of sp³-hybridized carbons (Fsp3) is 0.588. The predicted octanol–water partition coefficient (Wildman–Crippen LogP) is 4.15. The van der Waals surface area contributed by atoms with Gasteiger partial charge in [0.2, 0.25) is 0 Å². The van der Waals surface area contributed by atoms with Gasteiger partial charge in [-0.1, -0.05) is 33.4 Å². The van der Waals surface area contributed by atoms with E-state index in [2.05, 4.69) is 57.3 Å². The second-order valence-corrected chi connectivity index (χ2v) is 6.18. The Morgan fingerprint density at radius 1 is 1.37 bits per heavy atom. The first-order chi connectivity index (χ1) is 8.92. The number of rotatable bonds is 7. The lowest BCUT2D eigenvalue weighted by Gasteiger charge is -2.22. The zero-order chi connectivity index (χ0) is 14.4. The summed E-state index contributed by atoms with van der Waals surface area (Å²) in [6.07, 6.45) is 5.07. The van der Waals surface area contributed by atoms with E-state index in [9.17, 15) is 0 Å². The highest BCUT2D eigenvalue weighted by Gasteiger charge is 2.09. The molecule has 0 aliphatic rings. The summed E-state index contributed by atoms with van der Waals surface area (Å²) >= 11 is 0. The summed E-state index contributed by atoms with van der Waals surface area (Å²) in [4.78, 5) is 6.82. The molecule has 0 saturated carbocycles. The lowest BCUT2D eigenvalue weighted by Crippen LogP contribution is -2.25. The van der Waals surface area contributed by atoms with Gasteiger partial charge in [0, 0.05) is 19.3 Å². The monoisotopic (exact) mass is 260 g/mol. The van der Waals surface area contributed by atoms with Crippen molar-refractivity contribution in [1.82, 2.24) is 9.88 Å². The molecule has 0 spiro atoms. The van der Waals surface area contributed by atoms with E-state index in [0.29, 0.717) is 0 Å². The molecular formula is C17H28N2. The molecule has 0 radical (unpaired) electrons. The third-order valence-corrected chi connectivity index (χ3v) is 3.32. The van der Waals surface area contributed by atoms with E-state index in [1.54, 1.807) is 0 Å². The molecule has 0 saturated heterocycles. The van der Waals surface area contributed by atoms with E-state index in [1.165, 1.54) is 17.5 Å². The number of pyridine rings is 1. The molecule has 1 aromatic heterocycles. The summed E-state index contributed by atoms with van der Waals surface area (Å²) < 4.78 is 0. The number of aryl methyl sites for hydroxylation is 1. The Hall–Kier alpha value is -1.15. The van der Waals surface area contributed by atoms with E-state index in [1.807, 2.05) is 12.3 Å². The summed E-state index contributed by atoms with van der Waals surface area (Å²) in [6.45, 7) is 14.9. The topological polar surface area (TPSA) is 16.1 Å². The van der Waals surface area contributed by atoms with Crippen molar-refractivity contribution in [2.45, 2.75) is 40.7 Å². The highest BCUT2D eigenvalue weighted by molar-refractivity contribution is 5.46. The predicted molar refractivity (Wildman–Crippen MR) is 84.0 cm³/mol. The molecular weight excluding hydrogens is 232 g/mol. The lowest BCUT2D eigenvalue weighted by molar-refractivity contribution is 0.258. The van der Waals surface area contributed by atoms with Crippen LogP contribution >= 0.6 is 0 Å². The van der Waals surface area contributed by atoms with Gasteiger partial charge in [-0.15, -0.1) is 0 Å². The molecule has 19 heavy (non-hydrogen) atoms. The Bertz CT molecular complexity index is 410. The van der Waals surface area contributed by atoms with E-state index in [4.69, 9.17) is 0 Å². The van der Waals surface area contributed by atoms with Crippen molar-refractivity contribution in [3.05, 3.63) is 35.7 Å². The van der Waals surface area contributed by atoms with Crippen LogP contribution in [0.2, 0.25) is 0 Å². The van der Waals surface area contributed by atoms with Gasteiger partial charge in [-0.2, -0.15) is 0 Å². The van der Waals surface area contributed by atoms with Crippen LogP contribution in [0.4, 0.5) is 0 Å². The molecule has 0 aliphatic heterocycles. The van der Waals surface area contributed by atoms with Crippen LogP contribution in [0.3, 0.4) is 0 Å². The van der Waals surface area contributed by atoms with E-state index in [-0.39, 0.29) is 0 Å². The van der Waals surface area contributed by atoms with Crippen LogP contribution in [0, 0.1) is 18.8 Å². The number of nitrogens with zero attached hydrogens (tertiary/aromatic N) is 2. The maximum atomic E-state index is 4.43. The Morgan fingerprint density at radius 3 is 2.58 bits per heavy atom. The van der Waals surface area contributed by atoms with Crippen molar-refractivity contribution >= 4 is 6.08 Å². The third kappa shape index (κ3) is 5.56. The van der Waals surface area contributed by atoms with Gasteiger partial charge in [-0.25, -0.2) is 0 Å². The Labute approximate surface area is 118 Å². The molecule has 0 aromatic carbocycles. The standard InChI is InChI=1S/C17H28N2/c1-7-17-15(5)9-16(10-18-17)12-19(6)11-14(4)8-13(2)3/h7,9-10,13-14H,1,8,11-12H2,2-6H3. The largest absolute Gasteiger partial charge is 0.302 e. The van der Waals surface area contributed by atoms with Gasteiger partial charge in [0.1, 0.15) is 0 Å². The summed E-state index contributed by atoms with van der Waals surface area (Å²) in [5, 5.41) is 0. The molecule has 2 nitrogen and oxygen atoms in total. The average molecular weight is 260 g/mol. The van der Waals surface area contributed by atoms with E-state index >= 15 is 0 Å². The molecule has 0 aliphatic carbocycles. The molecule has 0 amide bonds. The van der Waals surface area contributed by atoms with Crippen molar-refractivity contribution in [2.75, 3.05) is 13.6 Å². The van der Waals surface area contributed by atoms with Crippen molar-refractivity contribution in [1.29, 1.82) is 0 Å². The quantitative estimate of drug-likeness (QED) is 0.732. The molecule has 106 valence electrons. The van der Waals surface area contributed by atoms with Crippen LogP contribution < -0.4 is 0 Å². The maximum Gasteiger partial charge on any atom is 0.0653 e. The zero-order valence-electron chi connectivity index (χ0n) is 13.1. The molecule has 0 fully saturated rings. The van der Waals surface area contributed by atoms with Crippen LogP contribution in [0.25, 0.3) is 6.08 Å². The normalized spacial score (nSPS) is 13.0. The van der Waals surface area contributed by atoms with Gasteiger partial charge in [-0.3, -0.25) is 4.98 Å². The van der Waals surface area contributed by atoms with Crippen LogP contribution in [-0.4, -0.2) is 23.5 Å². The molecule has 2 heteroatoms. The zero-order valence-corrected chi connectivity index (χ0v) is 13.1. The lowest BCUT2D eigenvalue weighted by atomic mass is 9.98. The van der Waals surface area contributed by atoms with Crippen molar-refractivity contribution < 1.29 is 0 Å². The minimum atomic E-state index is 0.742. The number of aromatic nitrogens is 1. The molecule has 1 aromatic rings. The van der Waals surface area contributed by atoms with Gasteiger partial charge in [0.15, 0.2) is 0 Å². The molecule has 1 atom stereocenters. The first-order valence-corrected chi connectivity index (χ1v) is 7.18.